The van der Waals surface area contributed by atoms with Gasteiger partial charge in [0.1, 0.15) is 11.4 Å². The normalized spacial score (nSPS) is 10.1. The van der Waals surface area contributed by atoms with E-state index in [4.69, 9.17) is 0 Å². The van der Waals surface area contributed by atoms with Crippen LogP contribution in [0.5, 0.6) is 5.75 Å². The molecule has 2 N–H and O–H groups in total. The second-order valence-electron chi connectivity index (χ2n) is 3.85. The fourth-order valence-corrected chi connectivity index (χ4v) is 1.44. The Bertz CT molecular complexity index is 552. The van der Waals surface area contributed by atoms with Crippen molar-refractivity contribution in [2.24, 2.45) is 0 Å². The van der Waals surface area contributed by atoms with Crippen LogP contribution in [0.1, 0.15) is 21.7 Å². The van der Waals surface area contributed by atoms with E-state index in [0.717, 1.165) is 5.69 Å². The Morgan fingerprint density at radius 1 is 1.28 bits per heavy atom. The predicted molar refractivity (Wildman–Crippen MR) is 66.0 cm³/mol. The fourth-order valence-electron chi connectivity index (χ4n) is 1.44. The molecule has 5 heteroatoms. The minimum atomic E-state index is -0.314. The average Bonchev–Trinajstić information content (AvgIpc) is 2.38. The number of nitrogens with one attached hydrogen (secondary N) is 1. The summed E-state index contributed by atoms with van der Waals surface area (Å²) in [7, 11) is 0. The van der Waals surface area contributed by atoms with E-state index in [0.29, 0.717) is 5.56 Å². The number of aryl methyl sites for hydroxylation is 1. The number of nitrogens with zero attached hydrogens (tertiary/aromatic N) is 2. The van der Waals surface area contributed by atoms with Gasteiger partial charge in [-0.15, -0.1) is 0 Å². The number of aromatic nitrogens is 2. The average molecular weight is 243 g/mol. The van der Waals surface area contributed by atoms with Gasteiger partial charge in [0.2, 0.25) is 0 Å². The zero-order valence-electron chi connectivity index (χ0n) is 9.92. The molecule has 2 rings (SSSR count). The molecule has 1 amide bonds. The smallest absolute Gasteiger partial charge is 0.271 e. The number of carbonyl (C=O) groups is 1. The number of hydrogen-bond donors (Lipinski definition) is 2. The molecule has 92 valence electrons. The molecule has 0 spiro atoms. The van der Waals surface area contributed by atoms with Gasteiger partial charge in [0.05, 0.1) is 11.9 Å². The molecule has 5 nitrogen and oxygen atoms in total. The highest BCUT2D eigenvalue weighted by molar-refractivity contribution is 5.91. The van der Waals surface area contributed by atoms with Gasteiger partial charge in [-0.2, -0.15) is 0 Å². The van der Waals surface area contributed by atoms with Crippen LogP contribution in [0, 0.1) is 6.92 Å². The molecule has 18 heavy (non-hydrogen) atoms. The molecule has 0 unspecified atom stereocenters. The number of para-hydroxylation sites is 1. The molecule has 0 atom stereocenters. The quantitative estimate of drug-likeness (QED) is 0.855. The second-order valence-corrected chi connectivity index (χ2v) is 3.85. The van der Waals surface area contributed by atoms with Gasteiger partial charge in [0, 0.05) is 18.3 Å². The Morgan fingerprint density at radius 3 is 2.72 bits per heavy atom. The summed E-state index contributed by atoms with van der Waals surface area (Å²) in [6, 6.07) is 6.85. The van der Waals surface area contributed by atoms with Crippen molar-refractivity contribution in [1.29, 1.82) is 0 Å². The molecule has 2 aromatic rings. The Kier molecular flexibility index (Phi) is 3.52. The molecular formula is C13H13N3O2. The van der Waals surface area contributed by atoms with Crippen LogP contribution < -0.4 is 5.32 Å². The van der Waals surface area contributed by atoms with E-state index >= 15 is 0 Å². The maximum absolute atomic E-state index is 11.7. The summed E-state index contributed by atoms with van der Waals surface area (Å²) >= 11 is 0. The van der Waals surface area contributed by atoms with Gasteiger partial charge in [0.25, 0.3) is 5.91 Å². The van der Waals surface area contributed by atoms with Crippen molar-refractivity contribution < 1.29 is 9.90 Å². The van der Waals surface area contributed by atoms with Gasteiger partial charge in [-0.25, -0.2) is 4.98 Å². The maximum Gasteiger partial charge on any atom is 0.271 e. The largest absolute Gasteiger partial charge is 0.508 e. The zero-order valence-corrected chi connectivity index (χ0v) is 9.92. The van der Waals surface area contributed by atoms with Crippen LogP contribution in [0.3, 0.4) is 0 Å². The standard InChI is InChI=1S/C13H13N3O2/c1-9-6-15-11(8-14-9)13(18)16-7-10-4-2-3-5-12(10)17/h2-6,8,17H,7H2,1H3,(H,16,18). The first-order chi connectivity index (χ1) is 8.66. The highest BCUT2D eigenvalue weighted by Gasteiger charge is 2.08. The van der Waals surface area contributed by atoms with Gasteiger partial charge in [-0.1, -0.05) is 18.2 Å². The molecule has 1 aromatic carbocycles. The number of phenolic OH excluding ortho intramolecular Hbond substituents is 1. The molecule has 1 aromatic heterocycles. The lowest BCUT2D eigenvalue weighted by Gasteiger charge is -2.06. The van der Waals surface area contributed by atoms with Crippen molar-refractivity contribution >= 4 is 5.91 Å². The summed E-state index contributed by atoms with van der Waals surface area (Å²) in [6.45, 7) is 2.05. The molecule has 0 aliphatic carbocycles. The summed E-state index contributed by atoms with van der Waals surface area (Å²) in [4.78, 5) is 19.7. The van der Waals surface area contributed by atoms with E-state index in [1.54, 1.807) is 31.2 Å². The van der Waals surface area contributed by atoms with E-state index in [9.17, 15) is 9.90 Å². The number of carbonyl (C=O) groups excluding carboxylic acids is 1. The molecule has 0 radical (unpaired) electrons. The van der Waals surface area contributed by atoms with E-state index in [1.807, 2.05) is 0 Å². The van der Waals surface area contributed by atoms with Crippen molar-refractivity contribution in [2.45, 2.75) is 13.5 Å². The first kappa shape index (κ1) is 12.0. The van der Waals surface area contributed by atoms with Gasteiger partial charge >= 0.3 is 0 Å². The third kappa shape index (κ3) is 2.82. The van der Waals surface area contributed by atoms with Crippen LogP contribution in [-0.4, -0.2) is 21.0 Å². The Morgan fingerprint density at radius 2 is 2.06 bits per heavy atom. The minimum absolute atomic E-state index is 0.160. The molecule has 0 fully saturated rings. The van der Waals surface area contributed by atoms with Gasteiger partial charge in [0.15, 0.2) is 0 Å². The Labute approximate surface area is 105 Å². The van der Waals surface area contributed by atoms with Crippen LogP contribution in [0.4, 0.5) is 0 Å². The zero-order chi connectivity index (χ0) is 13.0. The van der Waals surface area contributed by atoms with Crippen LogP contribution in [0.15, 0.2) is 36.7 Å². The lowest BCUT2D eigenvalue weighted by Crippen LogP contribution is -2.24. The lowest BCUT2D eigenvalue weighted by molar-refractivity contribution is 0.0945. The molecule has 0 aliphatic heterocycles. The summed E-state index contributed by atoms with van der Waals surface area (Å²) in [5, 5.41) is 12.2. The van der Waals surface area contributed by atoms with Crippen molar-refractivity contribution in [2.75, 3.05) is 0 Å². The van der Waals surface area contributed by atoms with Crippen LogP contribution >= 0.6 is 0 Å². The predicted octanol–water partition coefficient (Wildman–Crippen LogP) is 1.42. The summed E-state index contributed by atoms with van der Waals surface area (Å²) < 4.78 is 0. The molecule has 0 bridgehead atoms. The second kappa shape index (κ2) is 5.27. The third-order valence-corrected chi connectivity index (χ3v) is 2.44. The lowest BCUT2D eigenvalue weighted by atomic mass is 10.2. The van der Waals surface area contributed by atoms with Gasteiger partial charge < -0.3 is 10.4 Å². The van der Waals surface area contributed by atoms with Crippen molar-refractivity contribution in [1.82, 2.24) is 15.3 Å². The van der Waals surface area contributed by atoms with Crippen LogP contribution in [0.2, 0.25) is 0 Å². The topological polar surface area (TPSA) is 75.1 Å². The van der Waals surface area contributed by atoms with E-state index < -0.39 is 0 Å². The number of amides is 1. The molecule has 0 saturated carbocycles. The highest BCUT2D eigenvalue weighted by Crippen LogP contribution is 2.14. The third-order valence-electron chi connectivity index (χ3n) is 2.44. The van der Waals surface area contributed by atoms with Crippen molar-refractivity contribution in [3.63, 3.8) is 0 Å². The number of aromatic hydroxyl groups is 1. The van der Waals surface area contributed by atoms with E-state index in [1.165, 1.54) is 12.4 Å². The summed E-state index contributed by atoms with van der Waals surface area (Å²) in [5.74, 6) is -0.154. The fraction of sp³-hybridized carbons (Fsp3) is 0.154. The summed E-state index contributed by atoms with van der Waals surface area (Å²) in [6.07, 6.45) is 2.96. The van der Waals surface area contributed by atoms with Crippen molar-refractivity contribution in [3.8, 4) is 5.75 Å². The number of hydrogen-bond acceptors (Lipinski definition) is 4. The van der Waals surface area contributed by atoms with Crippen LogP contribution in [0.25, 0.3) is 0 Å². The van der Waals surface area contributed by atoms with E-state index in [2.05, 4.69) is 15.3 Å². The van der Waals surface area contributed by atoms with Crippen LogP contribution in [-0.2, 0) is 6.54 Å². The molecule has 1 heterocycles. The first-order valence-corrected chi connectivity index (χ1v) is 5.50. The monoisotopic (exact) mass is 243 g/mol. The van der Waals surface area contributed by atoms with Crippen molar-refractivity contribution in [3.05, 3.63) is 53.6 Å². The molecular weight excluding hydrogens is 230 g/mol. The number of benzene rings is 1. The number of phenols is 1. The SMILES string of the molecule is Cc1cnc(C(=O)NCc2ccccc2O)cn1. The first-order valence-electron chi connectivity index (χ1n) is 5.50. The highest BCUT2D eigenvalue weighted by atomic mass is 16.3. The molecule has 0 aliphatic rings. The Hall–Kier alpha value is -2.43. The minimum Gasteiger partial charge on any atom is -0.508 e. The number of rotatable bonds is 3. The molecule has 0 saturated heterocycles. The maximum atomic E-state index is 11.7. The Balaban J connectivity index is 2.01. The summed E-state index contributed by atoms with van der Waals surface area (Å²) in [5.41, 5.74) is 1.68. The van der Waals surface area contributed by atoms with Gasteiger partial charge in [-0.05, 0) is 13.0 Å². The van der Waals surface area contributed by atoms with Gasteiger partial charge in [-0.3, -0.25) is 9.78 Å². The van der Waals surface area contributed by atoms with E-state index in [-0.39, 0.29) is 23.9 Å².